The molecule has 7 heteroatoms. The highest BCUT2D eigenvalue weighted by Gasteiger charge is 2.51. The van der Waals surface area contributed by atoms with E-state index in [-0.39, 0.29) is 17.0 Å². The highest BCUT2D eigenvalue weighted by molar-refractivity contribution is 5.83. The number of nitro groups is 1. The molecule has 1 aromatic rings. The number of aromatic hydroxyl groups is 1. The van der Waals surface area contributed by atoms with Gasteiger partial charge in [-0.05, 0) is 73.8 Å². The Hall–Kier alpha value is -2.44. The molecule has 1 amide bonds. The Kier molecular flexibility index (Phi) is 4.17. The smallest absolute Gasteiger partial charge is 0.311 e. The molecule has 0 aliphatic heterocycles. The Morgan fingerprint density at radius 1 is 1.27 bits per heavy atom. The van der Waals surface area contributed by atoms with Crippen molar-refractivity contribution in [1.82, 2.24) is 5.43 Å². The van der Waals surface area contributed by atoms with Crippen LogP contribution >= 0.6 is 0 Å². The fraction of sp³-hybridized carbons (Fsp3) is 0.579. The number of nitrogens with zero attached hydrogens (tertiary/aromatic N) is 2. The van der Waals surface area contributed by atoms with E-state index in [0.717, 1.165) is 17.8 Å². The maximum absolute atomic E-state index is 12.4. The van der Waals surface area contributed by atoms with Gasteiger partial charge in [0.2, 0.25) is 5.91 Å². The molecule has 1 aromatic carbocycles. The number of hydrogen-bond donors (Lipinski definition) is 2. The van der Waals surface area contributed by atoms with Crippen molar-refractivity contribution in [1.29, 1.82) is 0 Å². The van der Waals surface area contributed by atoms with Crippen LogP contribution in [0.15, 0.2) is 23.3 Å². The molecule has 4 saturated carbocycles. The number of carbonyl (C=O) groups excluding carboxylic acids is 1. The minimum Gasteiger partial charge on any atom is -0.502 e. The molecule has 0 radical (unpaired) electrons. The number of amides is 1. The van der Waals surface area contributed by atoms with Gasteiger partial charge in [-0.1, -0.05) is 0 Å². The van der Waals surface area contributed by atoms with Gasteiger partial charge in [0.1, 0.15) is 0 Å². The normalized spacial score (nSPS) is 32.1. The average molecular weight is 357 g/mol. The van der Waals surface area contributed by atoms with E-state index in [1.54, 1.807) is 0 Å². The molecule has 2 N–H and O–H groups in total. The van der Waals surface area contributed by atoms with Gasteiger partial charge in [0.05, 0.1) is 11.1 Å². The molecule has 7 nitrogen and oxygen atoms in total. The van der Waals surface area contributed by atoms with Gasteiger partial charge in [-0.25, -0.2) is 5.43 Å². The van der Waals surface area contributed by atoms with Crippen LogP contribution in [0, 0.1) is 33.3 Å². The number of phenols is 1. The van der Waals surface area contributed by atoms with Crippen LogP contribution in [0.3, 0.4) is 0 Å². The summed E-state index contributed by atoms with van der Waals surface area (Å²) in [6.07, 6.45) is 9.42. The quantitative estimate of drug-likeness (QED) is 0.479. The van der Waals surface area contributed by atoms with Crippen molar-refractivity contribution in [2.45, 2.75) is 44.9 Å². The molecule has 0 saturated heterocycles. The summed E-state index contributed by atoms with van der Waals surface area (Å²) in [7, 11) is 0. The van der Waals surface area contributed by atoms with Crippen molar-refractivity contribution in [3.05, 3.63) is 33.9 Å². The fourth-order valence-corrected chi connectivity index (χ4v) is 5.83. The highest BCUT2D eigenvalue weighted by Crippen LogP contribution is 2.61. The predicted molar refractivity (Wildman–Crippen MR) is 95.7 cm³/mol. The number of benzene rings is 1. The Bertz CT molecular complexity index is 739. The lowest BCUT2D eigenvalue weighted by molar-refractivity contribution is -0.385. The van der Waals surface area contributed by atoms with Crippen LogP contribution < -0.4 is 5.43 Å². The molecule has 4 aliphatic carbocycles. The zero-order valence-electron chi connectivity index (χ0n) is 14.6. The number of carbonyl (C=O) groups is 1. The van der Waals surface area contributed by atoms with Gasteiger partial charge in [0, 0.05) is 18.1 Å². The first-order chi connectivity index (χ1) is 12.4. The Balaban J connectivity index is 1.36. The highest BCUT2D eigenvalue weighted by atomic mass is 16.6. The largest absolute Gasteiger partial charge is 0.502 e. The lowest BCUT2D eigenvalue weighted by Crippen LogP contribution is -2.47. The van der Waals surface area contributed by atoms with Crippen molar-refractivity contribution in [3.63, 3.8) is 0 Å². The summed E-state index contributed by atoms with van der Waals surface area (Å²) >= 11 is 0. The van der Waals surface area contributed by atoms with E-state index in [1.165, 1.54) is 62.9 Å². The molecule has 4 fully saturated rings. The van der Waals surface area contributed by atoms with Crippen LogP contribution in [-0.2, 0) is 4.79 Å². The fourth-order valence-electron chi connectivity index (χ4n) is 5.83. The number of hydrogen-bond acceptors (Lipinski definition) is 5. The average Bonchev–Trinajstić information content (AvgIpc) is 2.54. The third-order valence-electron chi connectivity index (χ3n) is 6.30. The topological polar surface area (TPSA) is 105 Å². The minimum absolute atomic E-state index is 0.0866. The van der Waals surface area contributed by atoms with Crippen LogP contribution in [0.5, 0.6) is 5.75 Å². The van der Waals surface area contributed by atoms with Crippen molar-refractivity contribution in [3.8, 4) is 5.75 Å². The monoisotopic (exact) mass is 357 g/mol. The molecule has 0 unspecified atom stereocenters. The minimum atomic E-state index is -0.654. The van der Waals surface area contributed by atoms with E-state index < -0.39 is 10.7 Å². The number of hydrazone groups is 1. The Morgan fingerprint density at radius 3 is 2.46 bits per heavy atom. The molecule has 0 spiro atoms. The molecule has 0 atom stereocenters. The van der Waals surface area contributed by atoms with E-state index in [2.05, 4.69) is 10.5 Å². The second kappa shape index (κ2) is 6.37. The van der Waals surface area contributed by atoms with Crippen molar-refractivity contribution in [2.24, 2.45) is 28.3 Å². The zero-order valence-corrected chi connectivity index (χ0v) is 14.6. The van der Waals surface area contributed by atoms with Gasteiger partial charge in [-0.15, -0.1) is 0 Å². The summed E-state index contributed by atoms with van der Waals surface area (Å²) in [6, 6.07) is 3.98. The number of nitro benzene ring substituents is 1. The second-order valence-electron chi connectivity index (χ2n) is 8.39. The third kappa shape index (κ3) is 3.30. The molecule has 138 valence electrons. The van der Waals surface area contributed by atoms with E-state index in [0.29, 0.717) is 12.0 Å². The third-order valence-corrected chi connectivity index (χ3v) is 6.30. The molecular formula is C19H23N3O4. The van der Waals surface area contributed by atoms with E-state index in [4.69, 9.17) is 0 Å². The van der Waals surface area contributed by atoms with E-state index >= 15 is 0 Å². The first-order valence-corrected chi connectivity index (χ1v) is 9.22. The number of nitrogens with one attached hydrogen (secondary N) is 1. The molecule has 4 aliphatic rings. The summed E-state index contributed by atoms with van der Waals surface area (Å²) in [4.78, 5) is 22.6. The SMILES string of the molecule is O=C(CC12CC3CC(CC(C3)C1)C2)N/N=C/c1ccc(O)c([N+](=O)[O-])c1. The van der Waals surface area contributed by atoms with E-state index in [9.17, 15) is 20.0 Å². The maximum Gasteiger partial charge on any atom is 0.311 e. The zero-order chi connectivity index (χ0) is 18.3. The predicted octanol–water partition coefficient (Wildman–Crippen LogP) is 3.36. The summed E-state index contributed by atoms with van der Waals surface area (Å²) in [5.41, 5.74) is 2.79. The van der Waals surface area contributed by atoms with Crippen LogP contribution in [-0.4, -0.2) is 22.2 Å². The van der Waals surface area contributed by atoms with Gasteiger partial charge in [0.15, 0.2) is 5.75 Å². The summed E-state index contributed by atoms with van der Waals surface area (Å²) < 4.78 is 0. The molecule has 0 aromatic heterocycles. The van der Waals surface area contributed by atoms with Gasteiger partial charge in [-0.2, -0.15) is 5.10 Å². The first kappa shape index (κ1) is 17.0. The lowest BCUT2D eigenvalue weighted by Gasteiger charge is -2.56. The van der Waals surface area contributed by atoms with Gasteiger partial charge in [-0.3, -0.25) is 14.9 Å². The number of rotatable bonds is 5. The van der Waals surface area contributed by atoms with Crippen LogP contribution in [0.2, 0.25) is 0 Å². The molecule has 4 bridgehead atoms. The maximum atomic E-state index is 12.4. The van der Waals surface area contributed by atoms with Crippen LogP contribution in [0.1, 0.15) is 50.5 Å². The van der Waals surface area contributed by atoms with Crippen LogP contribution in [0.4, 0.5) is 5.69 Å². The van der Waals surface area contributed by atoms with Gasteiger partial charge < -0.3 is 5.11 Å². The van der Waals surface area contributed by atoms with Crippen molar-refractivity contribution in [2.75, 3.05) is 0 Å². The first-order valence-electron chi connectivity index (χ1n) is 9.22. The Morgan fingerprint density at radius 2 is 1.88 bits per heavy atom. The van der Waals surface area contributed by atoms with E-state index in [1.807, 2.05) is 0 Å². The summed E-state index contributed by atoms with van der Waals surface area (Å²) in [6.45, 7) is 0. The molecule has 26 heavy (non-hydrogen) atoms. The summed E-state index contributed by atoms with van der Waals surface area (Å²) in [5.74, 6) is 1.93. The lowest BCUT2D eigenvalue weighted by atomic mass is 9.49. The van der Waals surface area contributed by atoms with Crippen LogP contribution in [0.25, 0.3) is 0 Å². The van der Waals surface area contributed by atoms with Gasteiger partial charge in [0.25, 0.3) is 0 Å². The van der Waals surface area contributed by atoms with Crippen molar-refractivity contribution >= 4 is 17.8 Å². The van der Waals surface area contributed by atoms with Crippen molar-refractivity contribution < 1.29 is 14.8 Å². The molecule has 0 heterocycles. The van der Waals surface area contributed by atoms with Gasteiger partial charge >= 0.3 is 5.69 Å². The second-order valence-corrected chi connectivity index (χ2v) is 8.39. The summed E-state index contributed by atoms with van der Waals surface area (Å²) in [5, 5.41) is 24.2. The Labute approximate surface area is 151 Å². The molecule has 5 rings (SSSR count). The molecular weight excluding hydrogens is 334 g/mol. The standard InChI is InChI=1S/C19H23N3O4/c23-17-2-1-12(6-16(17)22(25)26)11-20-21-18(24)10-19-7-13-3-14(8-19)5-15(4-13)9-19/h1-2,6,11,13-15,23H,3-5,7-10H2,(H,21,24)/b20-11+. The number of phenolic OH excluding ortho intramolecular Hbond substituents is 1.